The van der Waals surface area contributed by atoms with E-state index in [0.29, 0.717) is 34.7 Å². The molecule has 1 aromatic carbocycles. The molecule has 162 valence electrons. The molecule has 0 spiro atoms. The first kappa shape index (κ1) is 22.1. The lowest BCUT2D eigenvalue weighted by Gasteiger charge is -2.29. The summed E-state index contributed by atoms with van der Waals surface area (Å²) in [5.74, 6) is 1.03. The van der Waals surface area contributed by atoms with E-state index in [1.165, 1.54) is 30.6 Å². The van der Waals surface area contributed by atoms with Crippen LogP contribution in [0.1, 0.15) is 48.2 Å². The summed E-state index contributed by atoms with van der Waals surface area (Å²) in [5, 5.41) is 5.23. The standard InChI is InChI=1S/C22H29N3O4S/c1-15-14-30-22(23-15)24-20(26)13-25(12-16-7-5-4-6-8-16)21(27)17-9-18(28-2)11-19(10-17)29-3/h9-11,14,16H,4-8,12-13H2,1-3H3,(H,23,24,26). The van der Waals surface area contributed by atoms with Crippen molar-refractivity contribution in [3.05, 3.63) is 34.8 Å². The topological polar surface area (TPSA) is 80.8 Å². The maximum atomic E-state index is 13.4. The minimum atomic E-state index is -0.247. The third-order valence-electron chi connectivity index (χ3n) is 5.29. The number of aromatic nitrogens is 1. The Morgan fingerprint density at radius 3 is 2.37 bits per heavy atom. The maximum absolute atomic E-state index is 13.4. The van der Waals surface area contributed by atoms with Gasteiger partial charge in [0.15, 0.2) is 5.13 Å². The van der Waals surface area contributed by atoms with Gasteiger partial charge in [0.05, 0.1) is 19.9 Å². The Morgan fingerprint density at radius 2 is 1.80 bits per heavy atom. The van der Waals surface area contributed by atoms with Gasteiger partial charge in [0.1, 0.15) is 18.0 Å². The second-order valence-corrected chi connectivity index (χ2v) is 8.49. The van der Waals surface area contributed by atoms with E-state index < -0.39 is 0 Å². The lowest BCUT2D eigenvalue weighted by Crippen LogP contribution is -2.41. The Morgan fingerprint density at radius 1 is 1.13 bits per heavy atom. The van der Waals surface area contributed by atoms with Crippen LogP contribution in [0.3, 0.4) is 0 Å². The van der Waals surface area contributed by atoms with Crippen molar-refractivity contribution in [2.45, 2.75) is 39.0 Å². The molecule has 1 aliphatic rings. The van der Waals surface area contributed by atoms with Gasteiger partial charge in [-0.25, -0.2) is 4.98 Å². The molecule has 0 radical (unpaired) electrons. The van der Waals surface area contributed by atoms with Gasteiger partial charge in [-0.3, -0.25) is 9.59 Å². The number of nitrogens with one attached hydrogen (secondary N) is 1. The van der Waals surface area contributed by atoms with Gasteiger partial charge in [0.25, 0.3) is 5.91 Å². The number of aryl methyl sites for hydroxylation is 1. The minimum Gasteiger partial charge on any atom is -0.497 e. The molecule has 0 saturated heterocycles. The normalized spacial score (nSPS) is 14.2. The number of ether oxygens (including phenoxy) is 2. The number of hydrogen-bond donors (Lipinski definition) is 1. The Labute approximate surface area is 181 Å². The van der Waals surface area contributed by atoms with Crippen LogP contribution < -0.4 is 14.8 Å². The van der Waals surface area contributed by atoms with Crippen LogP contribution in [0, 0.1) is 12.8 Å². The molecule has 0 bridgehead atoms. The van der Waals surface area contributed by atoms with Gasteiger partial charge < -0.3 is 19.7 Å². The molecule has 0 atom stereocenters. The highest BCUT2D eigenvalue weighted by atomic mass is 32.1. The van der Waals surface area contributed by atoms with Crippen LogP contribution in [0.25, 0.3) is 0 Å². The van der Waals surface area contributed by atoms with Crippen LogP contribution >= 0.6 is 11.3 Å². The molecule has 0 unspecified atom stereocenters. The second-order valence-electron chi connectivity index (χ2n) is 7.63. The number of benzene rings is 1. The van der Waals surface area contributed by atoms with Crippen molar-refractivity contribution < 1.29 is 19.1 Å². The van der Waals surface area contributed by atoms with Gasteiger partial charge in [0.2, 0.25) is 5.91 Å². The summed E-state index contributed by atoms with van der Waals surface area (Å²) >= 11 is 1.38. The summed E-state index contributed by atoms with van der Waals surface area (Å²) in [5.41, 5.74) is 1.30. The highest BCUT2D eigenvalue weighted by Crippen LogP contribution is 2.27. The summed E-state index contributed by atoms with van der Waals surface area (Å²) in [6.45, 7) is 2.41. The molecule has 30 heavy (non-hydrogen) atoms. The predicted octanol–water partition coefficient (Wildman–Crippen LogP) is 4.13. The maximum Gasteiger partial charge on any atom is 0.254 e. The van der Waals surface area contributed by atoms with Crippen LogP contribution in [0.5, 0.6) is 11.5 Å². The summed E-state index contributed by atoms with van der Waals surface area (Å²) in [4.78, 5) is 31.9. The smallest absolute Gasteiger partial charge is 0.254 e. The highest BCUT2D eigenvalue weighted by Gasteiger charge is 2.25. The molecule has 0 aliphatic heterocycles. The SMILES string of the molecule is COc1cc(OC)cc(C(=O)N(CC(=O)Nc2nc(C)cs2)CC2CCCCC2)c1. The number of anilines is 1. The van der Waals surface area contributed by atoms with Crippen molar-refractivity contribution in [2.75, 3.05) is 32.6 Å². The van der Waals surface area contributed by atoms with E-state index in [2.05, 4.69) is 10.3 Å². The summed E-state index contributed by atoms with van der Waals surface area (Å²) in [6.07, 6.45) is 5.74. The van der Waals surface area contributed by atoms with Crippen molar-refractivity contribution in [3.8, 4) is 11.5 Å². The first-order valence-electron chi connectivity index (χ1n) is 10.2. The van der Waals surface area contributed by atoms with E-state index in [9.17, 15) is 9.59 Å². The van der Waals surface area contributed by atoms with Gasteiger partial charge in [-0.2, -0.15) is 0 Å². The first-order valence-corrected chi connectivity index (χ1v) is 11.1. The molecule has 2 aromatic rings. The molecule has 1 heterocycles. The van der Waals surface area contributed by atoms with Crippen LogP contribution in [0.15, 0.2) is 23.6 Å². The zero-order valence-corrected chi connectivity index (χ0v) is 18.6. The predicted molar refractivity (Wildman–Crippen MR) is 118 cm³/mol. The molecule has 1 aliphatic carbocycles. The van der Waals surface area contributed by atoms with Crippen molar-refractivity contribution in [1.82, 2.24) is 9.88 Å². The largest absolute Gasteiger partial charge is 0.497 e. The Bertz CT molecular complexity index is 855. The molecule has 3 rings (SSSR count). The van der Waals surface area contributed by atoms with Gasteiger partial charge in [-0.1, -0.05) is 19.3 Å². The molecule has 2 amide bonds. The minimum absolute atomic E-state index is 0.0204. The summed E-state index contributed by atoms with van der Waals surface area (Å²) in [7, 11) is 3.10. The van der Waals surface area contributed by atoms with Crippen LogP contribution in [0.4, 0.5) is 5.13 Å². The molecule has 8 heteroatoms. The van der Waals surface area contributed by atoms with E-state index in [0.717, 1.165) is 18.5 Å². The summed E-state index contributed by atoms with van der Waals surface area (Å²) in [6, 6.07) is 5.08. The lowest BCUT2D eigenvalue weighted by atomic mass is 9.89. The zero-order chi connectivity index (χ0) is 21.5. The summed E-state index contributed by atoms with van der Waals surface area (Å²) < 4.78 is 10.6. The molecule has 1 aromatic heterocycles. The van der Waals surface area contributed by atoms with E-state index in [1.807, 2.05) is 12.3 Å². The quantitative estimate of drug-likeness (QED) is 0.680. The van der Waals surface area contributed by atoms with Crippen molar-refractivity contribution >= 4 is 28.3 Å². The van der Waals surface area contributed by atoms with E-state index in [4.69, 9.17) is 9.47 Å². The Hall–Kier alpha value is -2.61. The number of thiazole rings is 1. The van der Waals surface area contributed by atoms with Crippen LogP contribution in [-0.2, 0) is 4.79 Å². The number of amides is 2. The Balaban J connectivity index is 1.78. The van der Waals surface area contributed by atoms with Crippen LogP contribution in [0.2, 0.25) is 0 Å². The van der Waals surface area contributed by atoms with E-state index in [-0.39, 0.29) is 18.4 Å². The third-order valence-corrected chi connectivity index (χ3v) is 6.16. The van der Waals surface area contributed by atoms with Crippen LogP contribution in [-0.4, -0.2) is 49.0 Å². The fraction of sp³-hybridized carbons (Fsp3) is 0.500. The number of rotatable bonds is 8. The second kappa shape index (κ2) is 10.4. The van der Waals surface area contributed by atoms with Gasteiger partial charge >= 0.3 is 0 Å². The van der Waals surface area contributed by atoms with Crippen molar-refractivity contribution in [1.29, 1.82) is 0 Å². The van der Waals surface area contributed by atoms with Gasteiger partial charge in [-0.15, -0.1) is 11.3 Å². The fourth-order valence-corrected chi connectivity index (χ4v) is 4.46. The van der Waals surface area contributed by atoms with E-state index >= 15 is 0 Å². The number of carbonyl (C=O) groups excluding carboxylic acids is 2. The fourth-order valence-electron chi connectivity index (χ4n) is 3.76. The number of nitrogens with zero attached hydrogens (tertiary/aromatic N) is 2. The molecule has 1 saturated carbocycles. The molecule has 1 N–H and O–H groups in total. The van der Waals surface area contributed by atoms with Gasteiger partial charge in [-0.05, 0) is 37.8 Å². The number of methoxy groups -OCH3 is 2. The monoisotopic (exact) mass is 431 g/mol. The molecule has 1 fully saturated rings. The molecular formula is C22H29N3O4S. The highest BCUT2D eigenvalue weighted by molar-refractivity contribution is 7.13. The lowest BCUT2D eigenvalue weighted by molar-refractivity contribution is -0.117. The van der Waals surface area contributed by atoms with Gasteiger partial charge in [0, 0.05) is 23.6 Å². The van der Waals surface area contributed by atoms with Crippen molar-refractivity contribution in [3.63, 3.8) is 0 Å². The zero-order valence-electron chi connectivity index (χ0n) is 17.8. The average molecular weight is 432 g/mol. The van der Waals surface area contributed by atoms with Crippen molar-refractivity contribution in [2.24, 2.45) is 5.92 Å². The molecule has 7 nitrogen and oxygen atoms in total. The first-order chi connectivity index (χ1) is 14.5. The average Bonchev–Trinajstić information content (AvgIpc) is 3.17. The molecular weight excluding hydrogens is 402 g/mol. The number of carbonyl (C=O) groups is 2. The number of hydrogen-bond acceptors (Lipinski definition) is 6. The third kappa shape index (κ3) is 5.95. The van der Waals surface area contributed by atoms with E-state index in [1.54, 1.807) is 37.3 Å². The Kier molecular flexibility index (Phi) is 7.68.